The van der Waals surface area contributed by atoms with Crippen LogP contribution in [-0.2, 0) is 22.5 Å². The van der Waals surface area contributed by atoms with Crippen LogP contribution in [0.4, 0.5) is 5.69 Å². The maximum Gasteiger partial charge on any atom is 0.262 e. The van der Waals surface area contributed by atoms with E-state index in [1.807, 2.05) is 42.5 Å². The lowest BCUT2D eigenvalue weighted by atomic mass is 10.1. The first-order valence-corrected chi connectivity index (χ1v) is 13.3. The zero-order valence-corrected chi connectivity index (χ0v) is 22.2. The van der Waals surface area contributed by atoms with Crippen molar-refractivity contribution in [1.82, 2.24) is 14.9 Å². The molecule has 4 rings (SSSR count). The molecule has 0 fully saturated rings. The maximum atomic E-state index is 13.4. The highest BCUT2D eigenvalue weighted by Gasteiger charge is 2.14. The van der Waals surface area contributed by atoms with Crippen molar-refractivity contribution in [3.8, 4) is 0 Å². The van der Waals surface area contributed by atoms with Gasteiger partial charge in [-0.05, 0) is 53.9 Å². The van der Waals surface area contributed by atoms with E-state index in [1.165, 1.54) is 17.3 Å². The van der Waals surface area contributed by atoms with E-state index in [9.17, 15) is 14.4 Å². The van der Waals surface area contributed by atoms with Crippen LogP contribution in [0.5, 0.6) is 0 Å². The normalized spacial score (nSPS) is 10.9. The summed E-state index contributed by atoms with van der Waals surface area (Å²) < 4.78 is 6.53. The molecular weight excluding hydrogens is 500 g/mol. The van der Waals surface area contributed by atoms with Crippen molar-refractivity contribution in [1.29, 1.82) is 0 Å². The molecule has 0 aliphatic heterocycles. The van der Waals surface area contributed by atoms with Gasteiger partial charge in [0, 0.05) is 24.9 Å². The number of aryl methyl sites for hydroxylation is 1. The quantitative estimate of drug-likeness (QED) is 0.172. The van der Waals surface area contributed by atoms with E-state index in [1.54, 1.807) is 42.0 Å². The number of ether oxygens (including phenoxy) is 1. The number of anilines is 1. The molecule has 0 aliphatic carbocycles. The zero-order valence-electron chi connectivity index (χ0n) is 21.4. The molecule has 1 heterocycles. The van der Waals surface area contributed by atoms with Crippen molar-refractivity contribution >= 4 is 40.2 Å². The monoisotopic (exact) mass is 530 g/mol. The van der Waals surface area contributed by atoms with Crippen molar-refractivity contribution in [2.45, 2.75) is 25.0 Å². The van der Waals surface area contributed by atoms with Gasteiger partial charge in [0.15, 0.2) is 5.16 Å². The molecule has 2 amide bonds. The second-order valence-corrected chi connectivity index (χ2v) is 9.58. The Morgan fingerprint density at radius 1 is 0.974 bits per heavy atom. The summed E-state index contributed by atoms with van der Waals surface area (Å²) in [6, 6.07) is 22.0. The maximum absolute atomic E-state index is 13.4. The highest BCUT2D eigenvalue weighted by Crippen LogP contribution is 2.20. The number of fused-ring (bicyclic) bond motifs is 1. The smallest absolute Gasteiger partial charge is 0.262 e. The van der Waals surface area contributed by atoms with Gasteiger partial charge < -0.3 is 15.4 Å². The molecule has 196 valence electrons. The average molecular weight is 531 g/mol. The molecule has 4 aromatic rings. The first-order chi connectivity index (χ1) is 18.5. The first-order valence-electron chi connectivity index (χ1n) is 12.4. The zero-order chi connectivity index (χ0) is 26.9. The summed E-state index contributed by atoms with van der Waals surface area (Å²) in [4.78, 5) is 43.0. The van der Waals surface area contributed by atoms with Crippen molar-refractivity contribution in [2.24, 2.45) is 0 Å². The number of nitrogens with one attached hydrogen (secondary N) is 2. The van der Waals surface area contributed by atoms with E-state index in [2.05, 4.69) is 17.6 Å². The van der Waals surface area contributed by atoms with Crippen LogP contribution >= 0.6 is 11.8 Å². The highest BCUT2D eigenvalue weighted by molar-refractivity contribution is 7.99. The SMILES string of the molecule is CCc1ccc(NC(=O)CSc2nc3ccccc3c(=O)n2Cc2ccc(C(=O)NCCOC)cc2)cc1. The fourth-order valence-electron chi connectivity index (χ4n) is 3.86. The lowest BCUT2D eigenvalue weighted by Gasteiger charge is -2.14. The highest BCUT2D eigenvalue weighted by atomic mass is 32.2. The second-order valence-electron chi connectivity index (χ2n) is 8.64. The average Bonchev–Trinajstić information content (AvgIpc) is 2.94. The number of carbonyl (C=O) groups excluding carboxylic acids is 2. The Morgan fingerprint density at radius 2 is 1.68 bits per heavy atom. The summed E-state index contributed by atoms with van der Waals surface area (Å²) in [6.07, 6.45) is 0.930. The van der Waals surface area contributed by atoms with Crippen molar-refractivity contribution in [3.63, 3.8) is 0 Å². The Balaban J connectivity index is 1.52. The van der Waals surface area contributed by atoms with Crippen LogP contribution in [0.25, 0.3) is 10.9 Å². The Labute approximate surface area is 225 Å². The standard InChI is InChI=1S/C29H30N4O4S/c1-3-20-10-14-23(15-11-20)31-26(34)19-38-29-32-25-7-5-4-6-24(25)28(36)33(29)18-21-8-12-22(13-9-21)27(35)30-16-17-37-2/h4-15H,3,16-19H2,1-2H3,(H,30,35)(H,31,34). The number of aromatic nitrogens is 2. The van der Waals surface area contributed by atoms with Gasteiger partial charge in [-0.25, -0.2) is 4.98 Å². The topological polar surface area (TPSA) is 102 Å². The fourth-order valence-corrected chi connectivity index (χ4v) is 4.66. The van der Waals surface area contributed by atoms with E-state index in [0.29, 0.717) is 34.8 Å². The Kier molecular flexibility index (Phi) is 9.29. The Bertz CT molecular complexity index is 1470. The first kappa shape index (κ1) is 27.1. The van der Waals surface area contributed by atoms with Gasteiger partial charge in [0.25, 0.3) is 11.5 Å². The molecule has 0 saturated carbocycles. The van der Waals surface area contributed by atoms with Gasteiger partial charge in [-0.1, -0.05) is 55.1 Å². The molecular formula is C29H30N4O4S. The fraction of sp³-hybridized carbons (Fsp3) is 0.241. The minimum absolute atomic E-state index is 0.0981. The molecule has 2 N–H and O–H groups in total. The van der Waals surface area contributed by atoms with E-state index in [0.717, 1.165) is 17.7 Å². The van der Waals surface area contributed by atoms with Gasteiger partial charge in [0.1, 0.15) is 0 Å². The van der Waals surface area contributed by atoms with Gasteiger partial charge in [-0.2, -0.15) is 0 Å². The molecule has 38 heavy (non-hydrogen) atoms. The van der Waals surface area contributed by atoms with Crippen molar-refractivity contribution in [3.05, 3.63) is 99.8 Å². The third kappa shape index (κ3) is 6.87. The molecule has 0 spiro atoms. The number of hydrogen-bond acceptors (Lipinski definition) is 6. The number of methoxy groups -OCH3 is 1. The minimum atomic E-state index is -0.190. The summed E-state index contributed by atoms with van der Waals surface area (Å²) in [5, 5.41) is 6.64. The van der Waals surface area contributed by atoms with E-state index < -0.39 is 0 Å². The number of benzene rings is 3. The van der Waals surface area contributed by atoms with Crippen LogP contribution in [0.15, 0.2) is 82.7 Å². The molecule has 0 saturated heterocycles. The summed E-state index contributed by atoms with van der Waals surface area (Å²) in [5.41, 5.74) is 3.67. The summed E-state index contributed by atoms with van der Waals surface area (Å²) >= 11 is 1.21. The number of carbonyl (C=O) groups is 2. The number of nitrogens with zero attached hydrogens (tertiary/aromatic N) is 2. The number of hydrogen-bond donors (Lipinski definition) is 2. The molecule has 1 aromatic heterocycles. The third-order valence-corrected chi connectivity index (χ3v) is 6.93. The number of rotatable bonds is 11. The summed E-state index contributed by atoms with van der Waals surface area (Å²) in [6.45, 7) is 3.19. The van der Waals surface area contributed by atoms with Crippen LogP contribution in [0, 0.1) is 0 Å². The summed E-state index contributed by atoms with van der Waals surface area (Å²) in [5.74, 6) is -0.275. The predicted octanol–water partition coefficient (Wildman–Crippen LogP) is 4.11. The minimum Gasteiger partial charge on any atom is -0.383 e. The number of para-hydroxylation sites is 1. The van der Waals surface area contributed by atoms with Gasteiger partial charge in [-0.3, -0.25) is 19.0 Å². The van der Waals surface area contributed by atoms with Gasteiger partial charge >= 0.3 is 0 Å². The van der Waals surface area contributed by atoms with Gasteiger partial charge in [-0.15, -0.1) is 0 Å². The molecule has 0 aliphatic rings. The number of amides is 2. The molecule has 0 atom stereocenters. The Hall–Kier alpha value is -3.95. The molecule has 9 heteroatoms. The van der Waals surface area contributed by atoms with Gasteiger partial charge in [0.2, 0.25) is 5.91 Å². The van der Waals surface area contributed by atoms with Crippen LogP contribution in [0.1, 0.15) is 28.4 Å². The number of thioether (sulfide) groups is 1. The van der Waals surface area contributed by atoms with Crippen molar-refractivity contribution < 1.29 is 14.3 Å². The third-order valence-electron chi connectivity index (χ3n) is 5.95. The van der Waals surface area contributed by atoms with Crippen LogP contribution in [-0.4, -0.2) is 47.4 Å². The van der Waals surface area contributed by atoms with Crippen LogP contribution < -0.4 is 16.2 Å². The molecule has 0 radical (unpaired) electrons. The van der Waals surface area contributed by atoms with E-state index in [4.69, 9.17) is 9.72 Å². The van der Waals surface area contributed by atoms with Crippen LogP contribution in [0.2, 0.25) is 0 Å². The van der Waals surface area contributed by atoms with Crippen molar-refractivity contribution in [2.75, 3.05) is 31.3 Å². The van der Waals surface area contributed by atoms with Gasteiger partial charge in [0.05, 0.1) is 29.8 Å². The molecule has 3 aromatic carbocycles. The molecule has 8 nitrogen and oxygen atoms in total. The lowest BCUT2D eigenvalue weighted by molar-refractivity contribution is -0.113. The summed E-state index contributed by atoms with van der Waals surface area (Å²) in [7, 11) is 1.58. The largest absolute Gasteiger partial charge is 0.383 e. The Morgan fingerprint density at radius 3 is 2.39 bits per heavy atom. The second kappa shape index (κ2) is 13.0. The van der Waals surface area contributed by atoms with E-state index in [-0.39, 0.29) is 29.7 Å². The van der Waals surface area contributed by atoms with E-state index >= 15 is 0 Å². The lowest BCUT2D eigenvalue weighted by Crippen LogP contribution is -2.27. The molecule has 0 bridgehead atoms. The van der Waals surface area contributed by atoms with Crippen LogP contribution in [0.3, 0.4) is 0 Å². The predicted molar refractivity (Wildman–Crippen MR) is 151 cm³/mol. The molecule has 0 unspecified atom stereocenters.